The number of esters is 2. The Bertz CT molecular complexity index is 1270. The summed E-state index contributed by atoms with van der Waals surface area (Å²) in [5.74, 6) is -0.303. The number of ether oxygens (including phenoxy) is 2. The molecular weight excluding hydrogens is 378 g/mol. The molecule has 0 aliphatic rings. The minimum Gasteiger partial charge on any atom is -0.423 e. The number of hydrogen-bond donors (Lipinski definition) is 0. The van der Waals surface area contributed by atoms with Gasteiger partial charge >= 0.3 is 11.9 Å². The fraction of sp³-hybridized carbons (Fsp3) is 0. The number of nitriles is 1. The molecule has 0 aliphatic heterocycles. The van der Waals surface area contributed by atoms with E-state index in [1.165, 1.54) is 36.4 Å². The van der Waals surface area contributed by atoms with Crippen LogP contribution < -0.4 is 9.47 Å². The van der Waals surface area contributed by atoms with E-state index in [1.54, 1.807) is 24.3 Å². The Hall–Kier alpha value is -4.43. The second-order valence-corrected chi connectivity index (χ2v) is 6.50. The number of benzene rings is 4. The van der Waals surface area contributed by atoms with Gasteiger partial charge in [-0.3, -0.25) is 0 Å². The van der Waals surface area contributed by atoms with Crippen molar-refractivity contribution in [3.8, 4) is 17.6 Å². The molecule has 0 unspecified atom stereocenters. The monoisotopic (exact) mass is 393 g/mol. The smallest absolute Gasteiger partial charge is 0.343 e. The van der Waals surface area contributed by atoms with E-state index in [0.29, 0.717) is 28.2 Å². The highest BCUT2D eigenvalue weighted by Gasteiger charge is 2.12. The van der Waals surface area contributed by atoms with Gasteiger partial charge in [-0.1, -0.05) is 30.3 Å². The average Bonchev–Trinajstić information content (AvgIpc) is 2.79. The van der Waals surface area contributed by atoms with Crippen molar-refractivity contribution in [1.29, 1.82) is 5.26 Å². The summed E-state index contributed by atoms with van der Waals surface area (Å²) in [6.45, 7) is 0. The maximum atomic E-state index is 12.4. The van der Waals surface area contributed by atoms with E-state index >= 15 is 0 Å². The lowest BCUT2D eigenvalue weighted by atomic mass is 10.1. The van der Waals surface area contributed by atoms with E-state index in [4.69, 9.17) is 14.7 Å². The number of nitrogens with zero attached hydrogens (tertiary/aromatic N) is 1. The van der Waals surface area contributed by atoms with Crippen LogP contribution in [0.1, 0.15) is 26.3 Å². The lowest BCUT2D eigenvalue weighted by Crippen LogP contribution is -2.10. The van der Waals surface area contributed by atoms with E-state index in [-0.39, 0.29) is 0 Å². The first kappa shape index (κ1) is 18.9. The molecule has 0 aliphatic carbocycles. The summed E-state index contributed by atoms with van der Waals surface area (Å²) in [5, 5.41) is 10.8. The van der Waals surface area contributed by atoms with Gasteiger partial charge in [0, 0.05) is 0 Å². The summed E-state index contributed by atoms with van der Waals surface area (Å²) in [6.07, 6.45) is 0. The van der Waals surface area contributed by atoms with E-state index in [9.17, 15) is 9.59 Å². The van der Waals surface area contributed by atoms with Crippen molar-refractivity contribution in [2.45, 2.75) is 0 Å². The number of fused-ring (bicyclic) bond motifs is 1. The van der Waals surface area contributed by atoms with Gasteiger partial charge in [0.05, 0.1) is 22.8 Å². The maximum Gasteiger partial charge on any atom is 0.343 e. The Balaban J connectivity index is 1.42. The molecule has 0 atom stereocenters. The van der Waals surface area contributed by atoms with Crippen molar-refractivity contribution in [3.05, 3.63) is 108 Å². The Kier molecular flexibility index (Phi) is 5.23. The van der Waals surface area contributed by atoms with Crippen LogP contribution in [-0.2, 0) is 0 Å². The molecule has 0 aromatic heterocycles. The molecule has 0 saturated heterocycles. The maximum absolute atomic E-state index is 12.4. The number of rotatable bonds is 4. The van der Waals surface area contributed by atoms with Crippen LogP contribution in [0.3, 0.4) is 0 Å². The first-order valence-corrected chi connectivity index (χ1v) is 9.16. The number of hydrogen-bond acceptors (Lipinski definition) is 5. The highest BCUT2D eigenvalue weighted by Crippen LogP contribution is 2.22. The normalized spacial score (nSPS) is 10.2. The zero-order chi connectivity index (χ0) is 20.9. The summed E-state index contributed by atoms with van der Waals surface area (Å²) in [5.41, 5.74) is 1.12. The molecule has 5 nitrogen and oxygen atoms in total. The van der Waals surface area contributed by atoms with E-state index < -0.39 is 11.9 Å². The Morgan fingerprint density at radius 3 is 1.80 bits per heavy atom. The van der Waals surface area contributed by atoms with Crippen LogP contribution in [0.5, 0.6) is 11.5 Å². The fourth-order valence-corrected chi connectivity index (χ4v) is 2.90. The van der Waals surface area contributed by atoms with Crippen molar-refractivity contribution < 1.29 is 19.1 Å². The van der Waals surface area contributed by atoms with Gasteiger partial charge in [-0.05, 0) is 71.4 Å². The van der Waals surface area contributed by atoms with Gasteiger partial charge in [0.2, 0.25) is 0 Å². The van der Waals surface area contributed by atoms with Gasteiger partial charge < -0.3 is 9.47 Å². The molecule has 30 heavy (non-hydrogen) atoms. The Morgan fingerprint density at radius 1 is 0.633 bits per heavy atom. The molecular formula is C25H15NO4. The first-order valence-electron chi connectivity index (χ1n) is 9.16. The van der Waals surface area contributed by atoms with Crippen molar-refractivity contribution in [2.75, 3.05) is 0 Å². The van der Waals surface area contributed by atoms with Crippen LogP contribution >= 0.6 is 0 Å². The molecule has 5 heteroatoms. The van der Waals surface area contributed by atoms with Gasteiger partial charge in [0.25, 0.3) is 0 Å². The third-order valence-corrected chi connectivity index (χ3v) is 4.48. The first-order chi connectivity index (χ1) is 14.6. The number of carbonyl (C=O) groups is 2. The topological polar surface area (TPSA) is 76.4 Å². The summed E-state index contributed by atoms with van der Waals surface area (Å²) < 4.78 is 10.7. The molecule has 4 rings (SSSR count). The quantitative estimate of drug-likeness (QED) is 0.354. The largest absolute Gasteiger partial charge is 0.423 e. The zero-order valence-corrected chi connectivity index (χ0v) is 15.7. The third-order valence-electron chi connectivity index (χ3n) is 4.48. The van der Waals surface area contributed by atoms with Crippen LogP contribution in [-0.4, -0.2) is 11.9 Å². The molecule has 0 N–H and O–H groups in total. The van der Waals surface area contributed by atoms with Crippen molar-refractivity contribution in [3.63, 3.8) is 0 Å². The standard InChI is InChI=1S/C25H15NO4/c26-16-17-5-7-19(8-6-17)24(27)29-22-12-10-20(11-13-22)25(28)30-23-14-9-18-3-1-2-4-21(18)15-23/h1-15H. The minimum absolute atomic E-state index is 0.298. The van der Waals surface area contributed by atoms with Crippen LogP contribution in [0.25, 0.3) is 10.8 Å². The summed E-state index contributed by atoms with van der Waals surface area (Å²) in [6, 6.07) is 27.5. The lowest BCUT2D eigenvalue weighted by molar-refractivity contribution is 0.0730. The van der Waals surface area contributed by atoms with Crippen LogP contribution in [0.4, 0.5) is 0 Å². The predicted octanol–water partition coefficient (Wildman–Crippen LogP) is 5.15. The zero-order valence-electron chi connectivity index (χ0n) is 15.7. The van der Waals surface area contributed by atoms with E-state index in [1.807, 2.05) is 36.4 Å². The average molecular weight is 393 g/mol. The minimum atomic E-state index is -0.550. The van der Waals surface area contributed by atoms with Crippen LogP contribution in [0, 0.1) is 11.3 Å². The van der Waals surface area contributed by atoms with E-state index in [0.717, 1.165) is 10.8 Å². The van der Waals surface area contributed by atoms with Gasteiger partial charge in [-0.15, -0.1) is 0 Å². The molecule has 0 amide bonds. The molecule has 4 aromatic carbocycles. The molecule has 0 saturated carbocycles. The molecule has 0 fully saturated rings. The van der Waals surface area contributed by atoms with E-state index in [2.05, 4.69) is 0 Å². The Labute approximate surface area is 172 Å². The van der Waals surface area contributed by atoms with Crippen molar-refractivity contribution in [2.24, 2.45) is 0 Å². The summed E-state index contributed by atoms with van der Waals surface area (Å²) >= 11 is 0. The highest BCUT2D eigenvalue weighted by molar-refractivity contribution is 5.93. The van der Waals surface area contributed by atoms with Crippen molar-refractivity contribution in [1.82, 2.24) is 0 Å². The second kappa shape index (κ2) is 8.29. The predicted molar refractivity (Wildman–Crippen MR) is 111 cm³/mol. The van der Waals surface area contributed by atoms with Crippen LogP contribution in [0.2, 0.25) is 0 Å². The van der Waals surface area contributed by atoms with Gasteiger partial charge in [0.15, 0.2) is 0 Å². The van der Waals surface area contributed by atoms with Gasteiger partial charge in [-0.2, -0.15) is 5.26 Å². The Morgan fingerprint density at radius 2 is 1.17 bits per heavy atom. The number of carbonyl (C=O) groups excluding carboxylic acids is 2. The molecule has 0 bridgehead atoms. The SMILES string of the molecule is N#Cc1ccc(C(=O)Oc2ccc(C(=O)Oc3ccc4ccccc4c3)cc2)cc1. The summed E-state index contributed by atoms with van der Waals surface area (Å²) in [4.78, 5) is 24.6. The third kappa shape index (κ3) is 4.18. The molecule has 0 radical (unpaired) electrons. The molecule has 144 valence electrons. The summed E-state index contributed by atoms with van der Waals surface area (Å²) in [7, 11) is 0. The van der Waals surface area contributed by atoms with Gasteiger partial charge in [-0.25, -0.2) is 9.59 Å². The van der Waals surface area contributed by atoms with Crippen molar-refractivity contribution >= 4 is 22.7 Å². The molecule has 0 heterocycles. The fourth-order valence-electron chi connectivity index (χ4n) is 2.90. The van der Waals surface area contributed by atoms with Crippen LogP contribution in [0.15, 0.2) is 91.0 Å². The molecule has 4 aromatic rings. The van der Waals surface area contributed by atoms with Gasteiger partial charge in [0.1, 0.15) is 11.5 Å². The lowest BCUT2D eigenvalue weighted by Gasteiger charge is -2.07. The highest BCUT2D eigenvalue weighted by atomic mass is 16.5. The molecule has 0 spiro atoms. The second-order valence-electron chi connectivity index (χ2n) is 6.50.